The molecule has 0 heterocycles. The van der Waals surface area contributed by atoms with Gasteiger partial charge in [-0.1, -0.05) is 0 Å². The maximum absolute atomic E-state index is 13.2. The largest absolute Gasteiger partial charge is 0.444 e. The van der Waals surface area contributed by atoms with Gasteiger partial charge in [-0.2, -0.15) is 0 Å². The summed E-state index contributed by atoms with van der Waals surface area (Å²) in [6, 6.07) is -0.423. The Kier molecular flexibility index (Phi) is 3.99. The highest BCUT2D eigenvalue weighted by molar-refractivity contribution is 5.68. The second-order valence-corrected chi connectivity index (χ2v) is 5.70. The summed E-state index contributed by atoms with van der Waals surface area (Å²) < 4.78 is 31.6. The number of hydrogen-bond donors (Lipinski definition) is 0. The van der Waals surface area contributed by atoms with E-state index in [1.807, 2.05) is 0 Å². The fourth-order valence-electron chi connectivity index (χ4n) is 1.96. The van der Waals surface area contributed by atoms with Gasteiger partial charge in [0.05, 0.1) is 0 Å². The molecule has 3 nitrogen and oxygen atoms in total. The third-order valence-corrected chi connectivity index (χ3v) is 2.84. The summed E-state index contributed by atoms with van der Waals surface area (Å²) in [7, 11) is 1.53. The van der Waals surface area contributed by atoms with E-state index in [1.54, 1.807) is 20.8 Å². The molecule has 0 spiro atoms. The summed E-state index contributed by atoms with van der Waals surface area (Å²) in [4.78, 5) is 13.0. The fraction of sp³-hybridized carbons (Fsp3) is 0.917. The Labute approximate surface area is 101 Å². The van der Waals surface area contributed by atoms with Crippen molar-refractivity contribution >= 4 is 6.09 Å². The van der Waals surface area contributed by atoms with Crippen LogP contribution in [0.3, 0.4) is 0 Å². The molecule has 5 heteroatoms. The topological polar surface area (TPSA) is 29.5 Å². The van der Waals surface area contributed by atoms with Gasteiger partial charge >= 0.3 is 6.09 Å². The van der Waals surface area contributed by atoms with Gasteiger partial charge in [0, 0.05) is 25.9 Å². The van der Waals surface area contributed by atoms with Crippen molar-refractivity contribution in [1.29, 1.82) is 0 Å². The van der Waals surface area contributed by atoms with E-state index in [0.717, 1.165) is 0 Å². The van der Waals surface area contributed by atoms with Crippen LogP contribution in [0.1, 0.15) is 46.5 Å². The minimum Gasteiger partial charge on any atom is -0.444 e. The minimum absolute atomic E-state index is 0.0777. The lowest BCUT2D eigenvalue weighted by Gasteiger charge is -2.35. The number of hydrogen-bond acceptors (Lipinski definition) is 2. The van der Waals surface area contributed by atoms with Gasteiger partial charge in [-0.15, -0.1) is 0 Å². The van der Waals surface area contributed by atoms with Crippen LogP contribution in [0.2, 0.25) is 0 Å². The second kappa shape index (κ2) is 4.78. The Hall–Kier alpha value is -0.870. The van der Waals surface area contributed by atoms with Crippen LogP contribution in [0.5, 0.6) is 0 Å². The summed E-state index contributed by atoms with van der Waals surface area (Å²) in [6.07, 6.45) is 0.199. The molecule has 0 saturated heterocycles. The Morgan fingerprint density at radius 3 is 2.47 bits per heavy atom. The quantitative estimate of drug-likeness (QED) is 0.712. The lowest BCUT2D eigenvalue weighted by molar-refractivity contribution is -0.0621. The number of carbonyl (C=O) groups is 1. The van der Waals surface area contributed by atoms with Gasteiger partial charge in [-0.3, -0.25) is 0 Å². The van der Waals surface area contributed by atoms with Gasteiger partial charge in [0.2, 0.25) is 5.92 Å². The van der Waals surface area contributed by atoms with Gasteiger partial charge in [-0.25, -0.2) is 13.6 Å². The van der Waals surface area contributed by atoms with Crippen molar-refractivity contribution in [3.05, 3.63) is 0 Å². The van der Waals surface area contributed by atoms with Crippen molar-refractivity contribution in [2.45, 2.75) is 64.0 Å². The van der Waals surface area contributed by atoms with E-state index >= 15 is 0 Å². The third kappa shape index (κ3) is 4.48. The van der Waals surface area contributed by atoms with Gasteiger partial charge < -0.3 is 9.64 Å². The molecule has 0 aliphatic heterocycles. The molecule has 0 bridgehead atoms. The molecule has 1 amide bonds. The highest BCUT2D eigenvalue weighted by atomic mass is 19.3. The first-order valence-corrected chi connectivity index (χ1v) is 5.94. The number of rotatable bonds is 1. The Morgan fingerprint density at radius 1 is 1.41 bits per heavy atom. The molecule has 17 heavy (non-hydrogen) atoms. The number of nitrogens with zero attached hydrogens (tertiary/aromatic N) is 1. The van der Waals surface area contributed by atoms with Crippen LogP contribution in [-0.4, -0.2) is 35.6 Å². The molecule has 1 saturated carbocycles. The van der Waals surface area contributed by atoms with Crippen molar-refractivity contribution in [1.82, 2.24) is 4.90 Å². The first kappa shape index (κ1) is 14.2. The fourth-order valence-corrected chi connectivity index (χ4v) is 1.96. The van der Waals surface area contributed by atoms with E-state index < -0.39 is 23.7 Å². The zero-order valence-corrected chi connectivity index (χ0v) is 10.9. The molecule has 1 aliphatic rings. The predicted octanol–water partition coefficient (Wildman–Crippen LogP) is 3.43. The average Bonchev–Trinajstić information content (AvgIpc) is 2.12. The third-order valence-electron chi connectivity index (χ3n) is 2.84. The van der Waals surface area contributed by atoms with Gasteiger partial charge in [0.15, 0.2) is 0 Å². The van der Waals surface area contributed by atoms with Crippen molar-refractivity contribution in [2.75, 3.05) is 7.05 Å². The molecule has 0 aromatic rings. The molecular formula is C12H21F2NO2. The monoisotopic (exact) mass is 249 g/mol. The van der Waals surface area contributed by atoms with Gasteiger partial charge in [-0.05, 0) is 33.6 Å². The number of halogens is 2. The zero-order chi connectivity index (χ0) is 13.3. The van der Waals surface area contributed by atoms with E-state index in [0.29, 0.717) is 12.8 Å². The molecule has 1 aliphatic carbocycles. The first-order valence-electron chi connectivity index (χ1n) is 5.94. The van der Waals surface area contributed by atoms with Crippen LogP contribution >= 0.6 is 0 Å². The standard InChI is InChI=1S/C12H21F2NO2/c1-11(2,3)17-10(16)15(4)9-6-5-7-12(13,14)8-9/h9H,5-8H2,1-4H3. The van der Waals surface area contributed by atoms with Gasteiger partial charge in [0.25, 0.3) is 0 Å². The van der Waals surface area contributed by atoms with Crippen LogP contribution in [0, 0.1) is 0 Å². The van der Waals surface area contributed by atoms with E-state index in [2.05, 4.69) is 0 Å². The smallest absolute Gasteiger partial charge is 0.410 e. The van der Waals surface area contributed by atoms with Crippen molar-refractivity contribution in [3.8, 4) is 0 Å². The molecule has 100 valence electrons. The van der Waals surface area contributed by atoms with Crippen LogP contribution < -0.4 is 0 Å². The van der Waals surface area contributed by atoms with Crippen LogP contribution in [0.25, 0.3) is 0 Å². The number of alkyl halides is 2. The van der Waals surface area contributed by atoms with Crippen molar-refractivity contribution < 1.29 is 18.3 Å². The molecule has 1 unspecified atom stereocenters. The molecule has 1 fully saturated rings. The van der Waals surface area contributed by atoms with Crippen molar-refractivity contribution in [2.24, 2.45) is 0 Å². The van der Waals surface area contributed by atoms with Crippen LogP contribution in [0.4, 0.5) is 13.6 Å². The summed E-state index contributed by atoms with van der Waals surface area (Å²) in [6.45, 7) is 5.27. The Bertz CT molecular complexity index is 287. The lowest BCUT2D eigenvalue weighted by Crippen LogP contribution is -2.45. The molecule has 1 atom stereocenters. The summed E-state index contributed by atoms with van der Waals surface area (Å²) >= 11 is 0. The van der Waals surface area contributed by atoms with Crippen LogP contribution in [-0.2, 0) is 4.74 Å². The summed E-state index contributed by atoms with van der Waals surface area (Å²) in [5, 5.41) is 0. The molecule has 1 rings (SSSR count). The van der Waals surface area contributed by atoms with Crippen LogP contribution in [0.15, 0.2) is 0 Å². The normalized spacial score (nSPS) is 24.2. The maximum atomic E-state index is 13.2. The number of ether oxygens (including phenoxy) is 1. The predicted molar refractivity (Wildman–Crippen MR) is 61.2 cm³/mol. The molecule has 0 aromatic heterocycles. The SMILES string of the molecule is CN(C(=O)OC(C)(C)C)C1CCCC(F)(F)C1. The van der Waals surface area contributed by atoms with Crippen molar-refractivity contribution in [3.63, 3.8) is 0 Å². The van der Waals surface area contributed by atoms with E-state index in [4.69, 9.17) is 4.74 Å². The maximum Gasteiger partial charge on any atom is 0.410 e. The Morgan fingerprint density at radius 2 is 2.00 bits per heavy atom. The summed E-state index contributed by atoms with van der Waals surface area (Å²) in [5.74, 6) is -2.65. The lowest BCUT2D eigenvalue weighted by atomic mass is 9.91. The molecular weight excluding hydrogens is 228 g/mol. The molecule has 0 aromatic carbocycles. The minimum atomic E-state index is -2.65. The van der Waals surface area contributed by atoms with E-state index in [-0.39, 0.29) is 12.8 Å². The number of carbonyl (C=O) groups excluding carboxylic acids is 1. The highest BCUT2D eigenvalue weighted by Crippen LogP contribution is 2.35. The molecule has 0 N–H and O–H groups in total. The first-order chi connectivity index (χ1) is 7.61. The van der Waals surface area contributed by atoms with Gasteiger partial charge in [0.1, 0.15) is 5.60 Å². The number of amides is 1. The second-order valence-electron chi connectivity index (χ2n) is 5.70. The van der Waals surface area contributed by atoms with E-state index in [9.17, 15) is 13.6 Å². The highest BCUT2D eigenvalue weighted by Gasteiger charge is 2.39. The zero-order valence-electron chi connectivity index (χ0n) is 10.9. The molecule has 0 radical (unpaired) electrons. The summed E-state index contributed by atoms with van der Waals surface area (Å²) in [5.41, 5.74) is -0.595. The van der Waals surface area contributed by atoms with E-state index in [1.165, 1.54) is 11.9 Å². The Balaban J connectivity index is 2.57. The average molecular weight is 249 g/mol.